The van der Waals surface area contributed by atoms with E-state index < -0.39 is 11.7 Å². The minimum atomic E-state index is -0.984. The van der Waals surface area contributed by atoms with Gasteiger partial charge in [-0.15, -0.1) is 0 Å². The van der Waals surface area contributed by atoms with Crippen molar-refractivity contribution in [3.8, 4) is 22.6 Å². The number of amides is 1. The molecule has 7 heteroatoms. The summed E-state index contributed by atoms with van der Waals surface area (Å²) >= 11 is 0. The van der Waals surface area contributed by atoms with Gasteiger partial charge in [0.05, 0.1) is 12.5 Å². The smallest absolute Gasteiger partial charge is 0.279 e. The number of phenolic OH excluding ortho intramolecular Hbond substituents is 1. The van der Waals surface area contributed by atoms with Gasteiger partial charge in [-0.1, -0.05) is 18.7 Å². The fourth-order valence-electron chi connectivity index (χ4n) is 3.13. The molecule has 0 atom stereocenters. The Balaban J connectivity index is 1.52. The van der Waals surface area contributed by atoms with E-state index >= 15 is 0 Å². The van der Waals surface area contributed by atoms with Crippen LogP contribution in [0, 0.1) is 0 Å². The molecular weight excluding hydrogens is 349 g/mol. The first-order chi connectivity index (χ1) is 13.0. The molecule has 1 fully saturated rings. The Morgan fingerprint density at radius 3 is 2.74 bits per heavy atom. The number of fused-ring (bicyclic) bond motifs is 1. The van der Waals surface area contributed by atoms with E-state index in [4.69, 9.17) is 4.74 Å². The summed E-state index contributed by atoms with van der Waals surface area (Å²) < 4.78 is 20.7. The van der Waals surface area contributed by atoms with Crippen LogP contribution in [0.5, 0.6) is 11.5 Å². The number of halogens is 1. The second kappa shape index (κ2) is 6.75. The molecule has 2 aromatic heterocycles. The van der Waals surface area contributed by atoms with Crippen molar-refractivity contribution < 1.29 is 19.0 Å². The molecule has 4 rings (SSSR count). The van der Waals surface area contributed by atoms with E-state index in [1.165, 1.54) is 0 Å². The number of carbonyl (C=O) groups excluding carboxylic acids is 1. The third-order valence-corrected chi connectivity index (χ3v) is 4.65. The monoisotopic (exact) mass is 367 g/mol. The van der Waals surface area contributed by atoms with E-state index in [0.29, 0.717) is 18.6 Å². The summed E-state index contributed by atoms with van der Waals surface area (Å²) in [7, 11) is 0. The van der Waals surface area contributed by atoms with Crippen molar-refractivity contribution in [2.45, 2.75) is 25.0 Å². The van der Waals surface area contributed by atoms with Crippen LogP contribution in [0.1, 0.15) is 12.8 Å². The standard InChI is InChI=1S/C20H18FN3O3/c1-12(21)20(26)23-15-7-17(8-15)27-19-6-14(10-24-11-22-9-18(19)24)13-2-4-16(25)5-3-13/h2-6,9-11,15,17,25H,1,7-8H2,(H,23,26)/t15-,17-. The second-order valence-corrected chi connectivity index (χ2v) is 6.61. The maximum atomic E-state index is 12.8. The molecule has 1 aromatic carbocycles. The molecule has 27 heavy (non-hydrogen) atoms. The normalized spacial score (nSPS) is 18.7. The highest BCUT2D eigenvalue weighted by atomic mass is 19.1. The van der Waals surface area contributed by atoms with E-state index in [0.717, 1.165) is 16.6 Å². The number of hydrogen-bond donors (Lipinski definition) is 2. The predicted octanol–water partition coefficient (Wildman–Crippen LogP) is 3.22. The van der Waals surface area contributed by atoms with Crippen molar-refractivity contribution in [3.05, 3.63) is 61.5 Å². The molecule has 6 nitrogen and oxygen atoms in total. The highest BCUT2D eigenvalue weighted by Gasteiger charge is 2.33. The molecule has 2 heterocycles. The number of hydrogen-bond acceptors (Lipinski definition) is 4. The maximum absolute atomic E-state index is 12.8. The van der Waals surface area contributed by atoms with Gasteiger partial charge in [-0.25, -0.2) is 9.37 Å². The Kier molecular flexibility index (Phi) is 4.27. The highest BCUT2D eigenvalue weighted by Crippen LogP contribution is 2.33. The summed E-state index contributed by atoms with van der Waals surface area (Å²) in [5.41, 5.74) is 2.70. The van der Waals surface area contributed by atoms with Crippen LogP contribution >= 0.6 is 0 Å². The largest absolute Gasteiger partial charge is 0.508 e. The lowest BCUT2D eigenvalue weighted by Crippen LogP contribution is -2.49. The summed E-state index contributed by atoms with van der Waals surface area (Å²) in [5.74, 6) is -0.868. The minimum absolute atomic E-state index is 0.0723. The average molecular weight is 367 g/mol. The molecule has 0 aliphatic heterocycles. The van der Waals surface area contributed by atoms with Gasteiger partial charge in [-0.05, 0) is 23.8 Å². The zero-order valence-electron chi connectivity index (χ0n) is 14.4. The lowest BCUT2D eigenvalue weighted by atomic mass is 9.89. The summed E-state index contributed by atoms with van der Waals surface area (Å²) in [6.45, 7) is 2.99. The number of aromatic nitrogens is 2. The predicted molar refractivity (Wildman–Crippen MR) is 98.1 cm³/mol. The quantitative estimate of drug-likeness (QED) is 0.679. The van der Waals surface area contributed by atoms with Gasteiger partial charge in [0, 0.05) is 30.6 Å². The Hall–Kier alpha value is -3.35. The number of carbonyl (C=O) groups is 1. The van der Waals surface area contributed by atoms with Crippen LogP contribution in [-0.4, -0.2) is 32.5 Å². The minimum Gasteiger partial charge on any atom is -0.508 e. The molecule has 0 radical (unpaired) electrons. The number of aromatic hydroxyl groups is 1. The van der Waals surface area contributed by atoms with Gasteiger partial charge >= 0.3 is 0 Å². The molecular formula is C20H18FN3O3. The van der Waals surface area contributed by atoms with E-state index in [1.807, 2.05) is 28.8 Å². The lowest BCUT2D eigenvalue weighted by Gasteiger charge is -2.35. The van der Waals surface area contributed by atoms with Crippen LogP contribution in [0.25, 0.3) is 16.6 Å². The molecule has 0 bridgehead atoms. The maximum Gasteiger partial charge on any atom is 0.279 e. The number of nitrogens with one attached hydrogen (secondary N) is 1. The number of nitrogens with zero attached hydrogens (tertiary/aromatic N) is 2. The fraction of sp³-hybridized carbons (Fsp3) is 0.200. The number of pyridine rings is 1. The van der Waals surface area contributed by atoms with Crippen molar-refractivity contribution >= 4 is 11.4 Å². The van der Waals surface area contributed by atoms with Gasteiger partial charge in [-0.2, -0.15) is 0 Å². The highest BCUT2D eigenvalue weighted by molar-refractivity contribution is 5.90. The molecule has 2 N–H and O–H groups in total. The zero-order chi connectivity index (χ0) is 19.0. The fourth-order valence-corrected chi connectivity index (χ4v) is 3.13. The third-order valence-electron chi connectivity index (χ3n) is 4.65. The number of benzene rings is 1. The Morgan fingerprint density at radius 1 is 1.30 bits per heavy atom. The van der Waals surface area contributed by atoms with Crippen LogP contribution in [0.4, 0.5) is 4.39 Å². The van der Waals surface area contributed by atoms with Gasteiger partial charge in [0.2, 0.25) is 0 Å². The molecule has 1 aliphatic rings. The Morgan fingerprint density at radius 2 is 2.04 bits per heavy atom. The Bertz CT molecular complexity index is 1010. The lowest BCUT2D eigenvalue weighted by molar-refractivity contribution is -0.120. The Labute approximate surface area is 154 Å². The van der Waals surface area contributed by atoms with Crippen LogP contribution in [-0.2, 0) is 4.79 Å². The van der Waals surface area contributed by atoms with Gasteiger partial charge < -0.3 is 19.6 Å². The summed E-state index contributed by atoms with van der Waals surface area (Å²) in [6, 6.07) is 8.74. The topological polar surface area (TPSA) is 75.9 Å². The molecule has 0 saturated heterocycles. The van der Waals surface area contributed by atoms with E-state index in [9.17, 15) is 14.3 Å². The molecule has 0 unspecified atom stereocenters. The SMILES string of the molecule is C=C(F)C(=O)N[C@H]1C[C@H](Oc2cc(-c3ccc(O)cc3)cn3cncc23)C1. The molecule has 1 amide bonds. The number of rotatable bonds is 5. The van der Waals surface area contributed by atoms with Gasteiger partial charge in [0.15, 0.2) is 5.83 Å². The molecule has 138 valence electrons. The molecule has 3 aromatic rings. The summed E-state index contributed by atoms with van der Waals surface area (Å²) in [4.78, 5) is 15.5. The van der Waals surface area contributed by atoms with Gasteiger partial charge in [0.1, 0.15) is 23.1 Å². The molecule has 1 saturated carbocycles. The second-order valence-electron chi connectivity index (χ2n) is 6.61. The van der Waals surface area contributed by atoms with Crippen molar-refractivity contribution in [2.75, 3.05) is 0 Å². The zero-order valence-corrected chi connectivity index (χ0v) is 14.4. The number of imidazole rings is 1. The van der Waals surface area contributed by atoms with Crippen LogP contribution < -0.4 is 10.1 Å². The van der Waals surface area contributed by atoms with Crippen molar-refractivity contribution in [3.63, 3.8) is 0 Å². The van der Waals surface area contributed by atoms with Crippen LogP contribution in [0.2, 0.25) is 0 Å². The first-order valence-corrected chi connectivity index (χ1v) is 8.56. The first kappa shape index (κ1) is 17.1. The van der Waals surface area contributed by atoms with Crippen molar-refractivity contribution in [1.29, 1.82) is 0 Å². The molecule has 1 aliphatic carbocycles. The van der Waals surface area contributed by atoms with E-state index in [-0.39, 0.29) is 17.9 Å². The van der Waals surface area contributed by atoms with Crippen molar-refractivity contribution in [2.24, 2.45) is 0 Å². The average Bonchev–Trinajstić information content (AvgIpc) is 3.09. The van der Waals surface area contributed by atoms with Crippen LogP contribution in [0.3, 0.4) is 0 Å². The number of phenols is 1. The number of ether oxygens (including phenoxy) is 1. The third kappa shape index (κ3) is 3.48. The van der Waals surface area contributed by atoms with E-state index in [1.54, 1.807) is 24.7 Å². The van der Waals surface area contributed by atoms with Crippen molar-refractivity contribution in [1.82, 2.24) is 14.7 Å². The molecule has 0 spiro atoms. The van der Waals surface area contributed by atoms with Crippen LogP contribution in [0.15, 0.2) is 61.5 Å². The van der Waals surface area contributed by atoms with Gasteiger partial charge in [0.25, 0.3) is 5.91 Å². The summed E-state index contributed by atoms with van der Waals surface area (Å²) in [6.07, 6.45) is 6.49. The van der Waals surface area contributed by atoms with Gasteiger partial charge in [-0.3, -0.25) is 4.79 Å². The van der Waals surface area contributed by atoms with E-state index in [2.05, 4.69) is 16.9 Å². The summed E-state index contributed by atoms with van der Waals surface area (Å²) in [5, 5.41) is 12.0. The first-order valence-electron chi connectivity index (χ1n) is 8.56.